The van der Waals surface area contributed by atoms with E-state index in [4.69, 9.17) is 0 Å². The molecule has 0 spiro atoms. The number of hydrogen-bond donors (Lipinski definition) is 1. The molecule has 0 amide bonds. The molecule has 0 fully saturated rings. The number of nitrogens with one attached hydrogen (secondary N) is 1. The maximum atomic E-state index is 4.51. The van der Waals surface area contributed by atoms with E-state index in [1.165, 1.54) is 5.56 Å². The Morgan fingerprint density at radius 1 is 1.44 bits per heavy atom. The number of aryl methyl sites for hydroxylation is 2. The molecule has 0 bridgehead atoms. The quantitative estimate of drug-likeness (QED) is 0.859. The van der Waals surface area contributed by atoms with Crippen LogP contribution < -0.4 is 5.32 Å². The fourth-order valence-corrected chi connectivity index (χ4v) is 1.76. The van der Waals surface area contributed by atoms with Gasteiger partial charge in [-0.25, -0.2) is 0 Å². The summed E-state index contributed by atoms with van der Waals surface area (Å²) in [6.45, 7) is 10.5. The van der Waals surface area contributed by atoms with Gasteiger partial charge in [0.2, 0.25) is 0 Å². The lowest BCUT2D eigenvalue weighted by molar-refractivity contribution is 0.423. The van der Waals surface area contributed by atoms with Crippen molar-refractivity contribution >= 4 is 11.8 Å². The Hall–Kier alpha value is -0.480. The van der Waals surface area contributed by atoms with Crippen LogP contribution in [0.2, 0.25) is 0 Å². The molecule has 0 saturated heterocycles. The van der Waals surface area contributed by atoms with Gasteiger partial charge in [0.15, 0.2) is 0 Å². The van der Waals surface area contributed by atoms with Crippen molar-refractivity contribution in [3.8, 4) is 0 Å². The molecule has 1 N–H and O–H groups in total. The molecular formula is C12H23N3S. The number of thioether (sulfide) groups is 1. The molecule has 0 aliphatic rings. The summed E-state index contributed by atoms with van der Waals surface area (Å²) in [4.78, 5) is 0. The third kappa shape index (κ3) is 4.58. The van der Waals surface area contributed by atoms with Crippen LogP contribution >= 0.6 is 11.8 Å². The minimum atomic E-state index is 0.161. The second-order valence-corrected chi connectivity index (χ2v) is 6.08. The van der Waals surface area contributed by atoms with E-state index >= 15 is 0 Å². The van der Waals surface area contributed by atoms with E-state index in [9.17, 15) is 0 Å². The summed E-state index contributed by atoms with van der Waals surface area (Å²) in [7, 11) is 0. The Bertz CT molecular complexity index is 325. The highest BCUT2D eigenvalue weighted by Gasteiger charge is 2.11. The average Bonchev–Trinajstić information content (AvgIpc) is 2.52. The summed E-state index contributed by atoms with van der Waals surface area (Å²) in [6.07, 6.45) is 4.28. The van der Waals surface area contributed by atoms with Gasteiger partial charge in [-0.05, 0) is 34.0 Å². The van der Waals surface area contributed by atoms with Crippen molar-refractivity contribution in [3.63, 3.8) is 0 Å². The molecule has 0 saturated carbocycles. The lowest BCUT2D eigenvalue weighted by atomic mass is 10.1. The molecule has 1 rings (SSSR count). The Balaban J connectivity index is 2.56. The Morgan fingerprint density at radius 3 is 2.69 bits per heavy atom. The summed E-state index contributed by atoms with van der Waals surface area (Å²) in [5.74, 6) is 1.12. The average molecular weight is 241 g/mol. The Kier molecular flexibility index (Phi) is 4.87. The van der Waals surface area contributed by atoms with Gasteiger partial charge in [0.25, 0.3) is 0 Å². The monoisotopic (exact) mass is 241 g/mol. The highest BCUT2D eigenvalue weighted by Crippen LogP contribution is 2.09. The fraction of sp³-hybridized carbons (Fsp3) is 0.750. The second-order valence-electron chi connectivity index (χ2n) is 5.10. The van der Waals surface area contributed by atoms with Crippen LogP contribution in [-0.4, -0.2) is 27.3 Å². The van der Waals surface area contributed by atoms with E-state index in [0.29, 0.717) is 0 Å². The molecule has 4 heteroatoms. The van der Waals surface area contributed by atoms with Crippen molar-refractivity contribution in [3.05, 3.63) is 17.5 Å². The van der Waals surface area contributed by atoms with Gasteiger partial charge in [-0.3, -0.25) is 4.68 Å². The maximum absolute atomic E-state index is 4.51. The van der Waals surface area contributed by atoms with Crippen LogP contribution in [0.1, 0.15) is 32.0 Å². The van der Waals surface area contributed by atoms with Gasteiger partial charge in [-0.2, -0.15) is 16.9 Å². The van der Waals surface area contributed by atoms with Crippen LogP contribution in [0, 0.1) is 6.92 Å². The Labute approximate surface area is 103 Å². The van der Waals surface area contributed by atoms with Gasteiger partial charge in [0.1, 0.15) is 0 Å². The van der Waals surface area contributed by atoms with Crippen LogP contribution in [0.4, 0.5) is 0 Å². The summed E-state index contributed by atoms with van der Waals surface area (Å²) < 4.78 is 2.05. The molecule has 0 aliphatic carbocycles. The number of nitrogens with zero attached hydrogens (tertiary/aromatic N) is 2. The predicted octanol–water partition coefficient (Wildman–Crippen LogP) is 2.44. The van der Waals surface area contributed by atoms with Crippen molar-refractivity contribution < 1.29 is 0 Å². The van der Waals surface area contributed by atoms with Gasteiger partial charge in [0, 0.05) is 36.1 Å². The first-order chi connectivity index (χ1) is 7.42. The van der Waals surface area contributed by atoms with E-state index in [2.05, 4.69) is 50.6 Å². The van der Waals surface area contributed by atoms with E-state index < -0.39 is 0 Å². The number of aromatic nitrogens is 2. The van der Waals surface area contributed by atoms with Crippen molar-refractivity contribution in [1.82, 2.24) is 15.1 Å². The molecule has 1 aromatic rings. The van der Waals surface area contributed by atoms with Gasteiger partial charge >= 0.3 is 0 Å². The van der Waals surface area contributed by atoms with Crippen LogP contribution in [-0.2, 0) is 13.1 Å². The molecule has 0 aliphatic heterocycles. The highest BCUT2D eigenvalue weighted by atomic mass is 32.2. The van der Waals surface area contributed by atoms with Crippen LogP contribution in [0.3, 0.4) is 0 Å². The number of hydrogen-bond acceptors (Lipinski definition) is 3. The smallest absolute Gasteiger partial charge is 0.0638 e. The van der Waals surface area contributed by atoms with Crippen LogP contribution in [0.25, 0.3) is 0 Å². The number of rotatable bonds is 5. The zero-order chi connectivity index (χ0) is 12.2. The first-order valence-electron chi connectivity index (χ1n) is 5.69. The van der Waals surface area contributed by atoms with E-state index in [1.807, 2.05) is 16.4 Å². The van der Waals surface area contributed by atoms with Crippen molar-refractivity contribution in [2.45, 2.75) is 46.3 Å². The summed E-state index contributed by atoms with van der Waals surface area (Å²) in [6, 6.07) is 0. The zero-order valence-corrected chi connectivity index (χ0v) is 11.8. The molecule has 0 unspecified atom stereocenters. The summed E-state index contributed by atoms with van der Waals surface area (Å²) in [5, 5.41) is 8.00. The molecular weight excluding hydrogens is 218 g/mol. The Morgan fingerprint density at radius 2 is 2.12 bits per heavy atom. The molecule has 0 atom stereocenters. The molecule has 1 heterocycles. The topological polar surface area (TPSA) is 29.9 Å². The fourth-order valence-electron chi connectivity index (χ4n) is 1.39. The van der Waals surface area contributed by atoms with Gasteiger partial charge in [0.05, 0.1) is 5.69 Å². The molecule has 16 heavy (non-hydrogen) atoms. The van der Waals surface area contributed by atoms with Gasteiger partial charge in [-0.15, -0.1) is 0 Å². The molecule has 0 aromatic carbocycles. The molecule has 0 radical (unpaired) electrons. The SMILES string of the molecule is CSCCn1cc(CNC(C)(C)C)c(C)n1. The van der Waals surface area contributed by atoms with Crippen molar-refractivity contribution in [1.29, 1.82) is 0 Å². The minimum Gasteiger partial charge on any atom is -0.308 e. The van der Waals surface area contributed by atoms with Crippen molar-refractivity contribution in [2.24, 2.45) is 0 Å². The standard InChI is InChI=1S/C12H23N3S/c1-10-11(8-13-12(2,3)4)9-15(14-10)6-7-16-5/h9,13H,6-8H2,1-5H3. The second kappa shape index (κ2) is 5.73. The van der Waals surface area contributed by atoms with E-state index in [0.717, 1.165) is 24.5 Å². The van der Waals surface area contributed by atoms with Gasteiger partial charge in [-0.1, -0.05) is 0 Å². The molecule has 1 aromatic heterocycles. The lowest BCUT2D eigenvalue weighted by Gasteiger charge is -2.20. The largest absolute Gasteiger partial charge is 0.308 e. The zero-order valence-electron chi connectivity index (χ0n) is 11.0. The third-order valence-electron chi connectivity index (χ3n) is 2.38. The van der Waals surface area contributed by atoms with Gasteiger partial charge < -0.3 is 5.32 Å². The van der Waals surface area contributed by atoms with Crippen LogP contribution in [0.15, 0.2) is 6.20 Å². The predicted molar refractivity (Wildman–Crippen MR) is 71.9 cm³/mol. The van der Waals surface area contributed by atoms with Crippen LogP contribution in [0.5, 0.6) is 0 Å². The first-order valence-corrected chi connectivity index (χ1v) is 7.08. The highest BCUT2D eigenvalue weighted by molar-refractivity contribution is 7.98. The lowest BCUT2D eigenvalue weighted by Crippen LogP contribution is -2.35. The normalized spacial score (nSPS) is 12.1. The molecule has 3 nitrogen and oxygen atoms in total. The minimum absolute atomic E-state index is 0.161. The maximum Gasteiger partial charge on any atom is 0.0638 e. The first kappa shape index (κ1) is 13.6. The van der Waals surface area contributed by atoms with E-state index in [1.54, 1.807) is 0 Å². The summed E-state index contributed by atoms with van der Waals surface area (Å²) >= 11 is 1.85. The summed E-state index contributed by atoms with van der Waals surface area (Å²) in [5.41, 5.74) is 2.60. The molecule has 92 valence electrons. The van der Waals surface area contributed by atoms with E-state index in [-0.39, 0.29) is 5.54 Å². The van der Waals surface area contributed by atoms with Crippen molar-refractivity contribution in [2.75, 3.05) is 12.0 Å². The third-order valence-corrected chi connectivity index (χ3v) is 2.97.